The number of likely N-dealkylation sites (N-methyl/N-ethyl adjacent to an activating group) is 1. The largest absolute Gasteiger partial charge is 0.493 e. The third kappa shape index (κ3) is 16.0. The number of benzene rings is 5. The highest BCUT2D eigenvalue weighted by molar-refractivity contribution is 7.85. The van der Waals surface area contributed by atoms with Crippen LogP contribution in [0, 0.1) is 0 Å². The van der Waals surface area contributed by atoms with Gasteiger partial charge in [-0.3, -0.25) is 42.9 Å². The molecule has 3 heterocycles. The molecule has 0 saturated carbocycles. The Morgan fingerprint density at radius 3 is 2.14 bits per heavy atom. The van der Waals surface area contributed by atoms with Crippen LogP contribution in [0.3, 0.4) is 0 Å². The van der Waals surface area contributed by atoms with Crippen molar-refractivity contribution >= 4 is 86.2 Å². The SMILES string of the molecule is COc1cc(C(=O)N2CCc3ccccc32)c(NCS(=O)(=O)O)cc1OCc1cc(COc2cc3c(cc2OC)C(=O)N2c4ccccc4CC2CN3)cc(NC(=O)C(C)NC(=O)CNC(=O)CCCCC(=O)NCCN(C)C(=O)/C=C\C=O)c1. The fourth-order valence-corrected chi connectivity index (χ4v) is 10.3. The summed E-state index contributed by atoms with van der Waals surface area (Å²) >= 11 is 0. The van der Waals surface area contributed by atoms with E-state index >= 15 is 0 Å². The summed E-state index contributed by atoms with van der Waals surface area (Å²) in [6.45, 7) is 2.01. The number of amides is 7. The lowest BCUT2D eigenvalue weighted by atomic mass is 10.1. The van der Waals surface area contributed by atoms with Crippen molar-refractivity contribution in [1.29, 1.82) is 0 Å². The number of hydrogen-bond donors (Lipinski definition) is 7. The Kier molecular flexibility index (Phi) is 20.4. The third-order valence-electron chi connectivity index (χ3n) is 14.3. The van der Waals surface area contributed by atoms with Crippen molar-refractivity contribution in [1.82, 2.24) is 20.9 Å². The van der Waals surface area contributed by atoms with Gasteiger partial charge in [-0.05, 0) is 103 Å². The first-order chi connectivity index (χ1) is 40.8. The number of unbranched alkanes of at least 4 members (excludes halogenated alkanes) is 1. The molecule has 448 valence electrons. The number of fused-ring (bicyclic) bond motifs is 5. The van der Waals surface area contributed by atoms with E-state index in [-0.39, 0.29) is 97.1 Å². The molecule has 7 N–H and O–H groups in total. The number of carbonyl (C=O) groups excluding carboxylic acids is 8. The lowest BCUT2D eigenvalue weighted by molar-refractivity contribution is -0.128. The fraction of sp³-hybridized carbons (Fsp3) is 0.333. The molecule has 2 atom stereocenters. The number of methoxy groups -OCH3 is 2. The zero-order valence-corrected chi connectivity index (χ0v) is 48.2. The molecule has 5 aromatic carbocycles. The molecule has 24 nitrogen and oxygen atoms in total. The molecule has 7 amide bonds. The summed E-state index contributed by atoms with van der Waals surface area (Å²) in [5, 5.41) is 16.7. The number of nitrogens with zero attached hydrogens (tertiary/aromatic N) is 3. The molecule has 0 spiro atoms. The maximum absolute atomic E-state index is 14.2. The van der Waals surface area contributed by atoms with Crippen molar-refractivity contribution in [2.75, 3.05) is 85.6 Å². The summed E-state index contributed by atoms with van der Waals surface area (Å²) in [5.74, 6) is -3.14. The van der Waals surface area contributed by atoms with E-state index in [1.54, 1.807) is 35.2 Å². The second-order valence-corrected chi connectivity index (χ2v) is 21.8. The van der Waals surface area contributed by atoms with Gasteiger partial charge in [-0.1, -0.05) is 36.4 Å². The second kappa shape index (κ2) is 28.2. The monoisotopic (exact) mass is 1190 g/mol. The molecular formula is C60H67N9O15S. The summed E-state index contributed by atoms with van der Waals surface area (Å²) < 4.78 is 57.9. The molecule has 5 aromatic rings. The number of ether oxygens (including phenoxy) is 4. The van der Waals surface area contributed by atoms with Crippen molar-refractivity contribution in [3.63, 3.8) is 0 Å². The molecule has 0 saturated heterocycles. The number of allylic oxidation sites excluding steroid dienone is 1. The van der Waals surface area contributed by atoms with Gasteiger partial charge in [0.15, 0.2) is 23.0 Å². The van der Waals surface area contributed by atoms with Crippen LogP contribution in [-0.4, -0.2) is 137 Å². The molecule has 0 aromatic heterocycles. The number of aldehydes is 1. The quantitative estimate of drug-likeness (QED) is 0.0161. The highest BCUT2D eigenvalue weighted by atomic mass is 32.2. The topological polar surface area (TPSA) is 310 Å². The molecule has 2 unspecified atom stereocenters. The summed E-state index contributed by atoms with van der Waals surface area (Å²) in [5.41, 5.74) is 5.88. The van der Waals surface area contributed by atoms with E-state index in [1.165, 1.54) is 45.2 Å². The van der Waals surface area contributed by atoms with Crippen molar-refractivity contribution in [3.05, 3.63) is 137 Å². The molecular weight excluding hydrogens is 1120 g/mol. The van der Waals surface area contributed by atoms with Gasteiger partial charge in [0, 0.05) is 81.3 Å². The zero-order chi connectivity index (χ0) is 60.8. The van der Waals surface area contributed by atoms with Crippen molar-refractivity contribution in [2.24, 2.45) is 0 Å². The van der Waals surface area contributed by atoms with Gasteiger partial charge in [-0.2, -0.15) is 8.42 Å². The normalized spacial score (nSPS) is 14.3. The second-order valence-electron chi connectivity index (χ2n) is 20.4. The highest BCUT2D eigenvalue weighted by Crippen LogP contribution is 2.42. The Hall–Kier alpha value is -9.49. The average Bonchev–Trinajstić information content (AvgIpc) is 3.74. The van der Waals surface area contributed by atoms with Crippen LogP contribution in [0.4, 0.5) is 28.4 Å². The van der Waals surface area contributed by atoms with Gasteiger partial charge in [0.25, 0.3) is 21.9 Å². The maximum Gasteiger partial charge on any atom is 0.283 e. The molecule has 85 heavy (non-hydrogen) atoms. The van der Waals surface area contributed by atoms with E-state index in [4.69, 9.17) is 18.9 Å². The standard InChI is InChI=1S/C60H67N9O15S/c1-37(65-56(73)33-63-55(72)17-10-9-16-54(71)61-20-22-67(2)57(74)18-11-23-70)58(75)66-42-25-38(34-83-52-30-46-45(29-51(52)82-4)60(77)69-43(32-62-46)27-41-13-6-8-15-49(41)69)24-39(26-42)35-84-53-31-47(64-36-85(78,79)80)44(28-50(53)81-3)59(76)68-21-19-40-12-5-7-14-48(40)68/h5-8,11-15,18,23-26,28-31,37,43,62,64H,9-10,16-17,19-22,27,32-36H2,1-4H3,(H,61,71)(H,63,72)(H,65,73)(H,66,75)(H,78,79,80)/b18-11-. The van der Waals surface area contributed by atoms with Crippen molar-refractivity contribution < 1.29 is 70.3 Å². The van der Waals surface area contributed by atoms with E-state index in [1.807, 2.05) is 53.4 Å². The van der Waals surface area contributed by atoms with Crippen molar-refractivity contribution in [2.45, 2.75) is 70.7 Å². The molecule has 0 fully saturated rings. The van der Waals surface area contributed by atoms with E-state index in [0.29, 0.717) is 78.9 Å². The number of carbonyl (C=O) groups is 8. The Morgan fingerprint density at radius 1 is 0.812 bits per heavy atom. The van der Waals surface area contributed by atoms with Gasteiger partial charge in [0.2, 0.25) is 29.5 Å². The Bertz CT molecular complexity index is 3520. The van der Waals surface area contributed by atoms with E-state index in [2.05, 4.69) is 31.9 Å². The predicted octanol–water partition coefficient (Wildman–Crippen LogP) is 4.77. The number of anilines is 5. The minimum absolute atomic E-state index is 0.0296. The lowest BCUT2D eigenvalue weighted by Crippen LogP contribution is -2.45. The van der Waals surface area contributed by atoms with E-state index in [9.17, 15) is 51.3 Å². The van der Waals surface area contributed by atoms with Crippen LogP contribution in [0.25, 0.3) is 0 Å². The van der Waals surface area contributed by atoms with Gasteiger partial charge >= 0.3 is 0 Å². The van der Waals surface area contributed by atoms with Crippen LogP contribution in [0.15, 0.2) is 103 Å². The Balaban J connectivity index is 0.949. The molecule has 0 aliphatic carbocycles. The Labute approximate surface area is 491 Å². The van der Waals surface area contributed by atoms with Gasteiger partial charge in [-0.25, -0.2) is 0 Å². The average molecular weight is 1190 g/mol. The first kappa shape index (κ1) is 61.6. The van der Waals surface area contributed by atoms with Gasteiger partial charge in [0.1, 0.15) is 31.4 Å². The van der Waals surface area contributed by atoms with Gasteiger partial charge in [0.05, 0.1) is 49.3 Å². The summed E-state index contributed by atoms with van der Waals surface area (Å²) in [6, 6.07) is 25.2. The molecule has 25 heteroatoms. The molecule has 3 aliphatic rings. The smallest absolute Gasteiger partial charge is 0.283 e. The van der Waals surface area contributed by atoms with Crippen LogP contribution >= 0.6 is 0 Å². The van der Waals surface area contributed by atoms with Crippen LogP contribution in [0.5, 0.6) is 23.0 Å². The third-order valence-corrected chi connectivity index (χ3v) is 14.8. The number of rotatable bonds is 27. The van der Waals surface area contributed by atoms with E-state index < -0.39 is 52.2 Å². The fourth-order valence-electron chi connectivity index (χ4n) is 10.0. The molecule has 3 aliphatic heterocycles. The summed E-state index contributed by atoms with van der Waals surface area (Å²) in [4.78, 5) is 107. The van der Waals surface area contributed by atoms with Crippen LogP contribution < -0.4 is 60.6 Å². The molecule has 8 rings (SSSR count). The van der Waals surface area contributed by atoms with Gasteiger partial charge in [-0.15, -0.1) is 0 Å². The Morgan fingerprint density at radius 2 is 1.46 bits per heavy atom. The van der Waals surface area contributed by atoms with Crippen molar-refractivity contribution in [3.8, 4) is 23.0 Å². The first-order valence-corrected chi connectivity index (χ1v) is 29.0. The highest BCUT2D eigenvalue weighted by Gasteiger charge is 2.38. The van der Waals surface area contributed by atoms with Crippen LogP contribution in [0.2, 0.25) is 0 Å². The predicted molar refractivity (Wildman–Crippen MR) is 316 cm³/mol. The number of para-hydroxylation sites is 2. The first-order valence-electron chi connectivity index (χ1n) is 27.4. The van der Waals surface area contributed by atoms with Crippen LogP contribution in [0.1, 0.15) is 75.6 Å². The molecule has 0 radical (unpaired) electrons. The summed E-state index contributed by atoms with van der Waals surface area (Å²) in [7, 11) is -0.195. The van der Waals surface area contributed by atoms with Crippen LogP contribution in [-0.2, 0) is 64.9 Å². The minimum Gasteiger partial charge on any atom is -0.493 e. The zero-order valence-electron chi connectivity index (χ0n) is 47.4. The van der Waals surface area contributed by atoms with Gasteiger partial charge < -0.3 is 65.5 Å². The maximum atomic E-state index is 14.2. The number of hydrogen-bond acceptors (Lipinski definition) is 16. The minimum atomic E-state index is -4.57. The van der Waals surface area contributed by atoms with E-state index in [0.717, 1.165) is 29.0 Å². The summed E-state index contributed by atoms with van der Waals surface area (Å²) in [6.07, 6.45) is 4.89. The lowest BCUT2D eigenvalue weighted by Gasteiger charge is -2.22. The molecule has 0 bridgehead atoms. The number of nitrogens with one attached hydrogen (secondary N) is 6.